The summed E-state index contributed by atoms with van der Waals surface area (Å²) in [6.07, 6.45) is 0. The first-order valence-electron chi connectivity index (χ1n) is 18.8. The van der Waals surface area contributed by atoms with Gasteiger partial charge in [-0.3, -0.25) is 0 Å². The van der Waals surface area contributed by atoms with Crippen LogP contribution in [0.15, 0.2) is 188 Å². The number of hydrogen-bond donors (Lipinski definition) is 0. The third-order valence-electron chi connectivity index (χ3n) is 11.4. The number of nitrogens with zero attached hydrogens (tertiary/aromatic N) is 2. The van der Waals surface area contributed by atoms with Crippen molar-refractivity contribution in [2.24, 2.45) is 0 Å². The maximum atomic E-state index is 6.76. The standard InChI is InChI=1S/C50H31BN2O2/c1-3-15-35(16-4-1)52(43-21-11-14-32-13-7-8-19-38(32)43)37-26-25-33-28-39-40-30-49-42(31-45(40)53(36-17-5-2-6-18-36)44(39)29-34(33)27-37)51-41-20-9-10-22-46(41)54-47-23-12-24-48(55-49)50(47)51/h1-31H. The summed E-state index contributed by atoms with van der Waals surface area (Å²) in [4.78, 5) is 2.38. The molecule has 0 fully saturated rings. The van der Waals surface area contributed by atoms with Gasteiger partial charge >= 0.3 is 0 Å². The summed E-state index contributed by atoms with van der Waals surface area (Å²) < 4.78 is 15.6. The Morgan fingerprint density at radius 1 is 0.400 bits per heavy atom. The van der Waals surface area contributed by atoms with Gasteiger partial charge in [0.05, 0.1) is 16.7 Å². The van der Waals surface area contributed by atoms with Crippen molar-refractivity contribution in [3.63, 3.8) is 0 Å². The molecule has 0 atom stereocenters. The van der Waals surface area contributed by atoms with E-state index in [1.807, 2.05) is 12.1 Å². The smallest absolute Gasteiger partial charge is 0.260 e. The zero-order valence-electron chi connectivity index (χ0n) is 29.7. The number of anilines is 3. The normalized spacial score (nSPS) is 12.6. The van der Waals surface area contributed by atoms with Gasteiger partial charge in [-0.05, 0) is 112 Å². The summed E-state index contributed by atoms with van der Waals surface area (Å²) in [5, 5.41) is 7.12. The Hall–Kier alpha value is -7.24. The molecule has 9 aromatic carbocycles. The van der Waals surface area contributed by atoms with Gasteiger partial charge in [0.25, 0.3) is 6.71 Å². The molecule has 0 spiro atoms. The quantitative estimate of drug-likeness (QED) is 0.171. The molecule has 4 nitrogen and oxygen atoms in total. The minimum absolute atomic E-state index is 0.00815. The molecule has 0 saturated carbocycles. The molecule has 12 rings (SSSR count). The van der Waals surface area contributed by atoms with Crippen molar-refractivity contribution < 1.29 is 9.47 Å². The van der Waals surface area contributed by atoms with Crippen molar-refractivity contribution in [1.29, 1.82) is 0 Å². The molecule has 0 saturated heterocycles. The van der Waals surface area contributed by atoms with E-state index >= 15 is 0 Å². The zero-order chi connectivity index (χ0) is 36.0. The molecule has 3 heterocycles. The highest BCUT2D eigenvalue weighted by atomic mass is 16.5. The van der Waals surface area contributed by atoms with Crippen LogP contribution in [0.25, 0.3) is 49.0 Å². The number of benzene rings is 9. The fourth-order valence-electron chi connectivity index (χ4n) is 9.02. The monoisotopic (exact) mass is 702 g/mol. The van der Waals surface area contributed by atoms with Crippen molar-refractivity contribution in [1.82, 2.24) is 4.57 Å². The Bertz CT molecular complexity index is 3170. The molecule has 2 aliphatic heterocycles. The Balaban J connectivity index is 1.11. The molecular weight excluding hydrogens is 671 g/mol. The van der Waals surface area contributed by atoms with Crippen LogP contribution in [-0.4, -0.2) is 11.3 Å². The molecule has 5 heteroatoms. The Morgan fingerprint density at radius 2 is 1.07 bits per heavy atom. The molecule has 2 aliphatic rings. The van der Waals surface area contributed by atoms with Crippen molar-refractivity contribution in [2.75, 3.05) is 4.90 Å². The second kappa shape index (κ2) is 11.6. The zero-order valence-corrected chi connectivity index (χ0v) is 29.7. The minimum atomic E-state index is -0.00815. The maximum absolute atomic E-state index is 6.76. The highest BCUT2D eigenvalue weighted by Gasteiger charge is 2.40. The van der Waals surface area contributed by atoms with Crippen LogP contribution in [0.3, 0.4) is 0 Å². The minimum Gasteiger partial charge on any atom is -0.458 e. The van der Waals surface area contributed by atoms with Crippen LogP contribution in [0.2, 0.25) is 0 Å². The average molecular weight is 703 g/mol. The molecule has 0 bridgehead atoms. The number of aromatic nitrogens is 1. The lowest BCUT2D eigenvalue weighted by atomic mass is 9.35. The van der Waals surface area contributed by atoms with Crippen LogP contribution in [0.1, 0.15) is 0 Å². The first-order valence-corrected chi connectivity index (χ1v) is 18.8. The largest absolute Gasteiger partial charge is 0.458 e. The fourth-order valence-corrected chi connectivity index (χ4v) is 9.02. The molecule has 0 N–H and O–H groups in total. The molecule has 1 aromatic heterocycles. The maximum Gasteiger partial charge on any atom is 0.260 e. The van der Waals surface area contributed by atoms with Gasteiger partial charge in [0.2, 0.25) is 0 Å². The van der Waals surface area contributed by atoms with E-state index in [1.165, 1.54) is 26.9 Å². The SMILES string of the molecule is c1ccc(N(c2ccc3cc4c5cc6c(cc5n(-c5ccccc5)c4cc3c2)B2c3ccccc3Oc3cccc(c32)O6)c2cccc3ccccc23)cc1. The highest BCUT2D eigenvalue weighted by molar-refractivity contribution is 6.98. The predicted octanol–water partition coefficient (Wildman–Crippen LogP) is 11.3. The van der Waals surface area contributed by atoms with Gasteiger partial charge in [-0.1, -0.05) is 103 Å². The molecule has 0 amide bonds. The molecular formula is C50H31BN2O2. The highest BCUT2D eigenvalue weighted by Crippen LogP contribution is 2.43. The summed E-state index contributed by atoms with van der Waals surface area (Å²) in [6.45, 7) is -0.00815. The van der Waals surface area contributed by atoms with Crippen LogP contribution in [0.5, 0.6) is 23.0 Å². The van der Waals surface area contributed by atoms with Crippen molar-refractivity contribution >= 4 is 83.5 Å². The van der Waals surface area contributed by atoms with Gasteiger partial charge in [-0.15, -0.1) is 0 Å². The van der Waals surface area contributed by atoms with Crippen LogP contribution in [0, 0.1) is 0 Å². The van der Waals surface area contributed by atoms with Crippen molar-refractivity contribution in [3.8, 4) is 28.7 Å². The van der Waals surface area contributed by atoms with Crippen LogP contribution >= 0.6 is 0 Å². The number of para-hydroxylation sites is 3. The second-order valence-electron chi connectivity index (χ2n) is 14.5. The number of hydrogen-bond acceptors (Lipinski definition) is 3. The lowest BCUT2D eigenvalue weighted by Crippen LogP contribution is -2.57. The summed E-state index contributed by atoms with van der Waals surface area (Å²) in [7, 11) is 0. The van der Waals surface area contributed by atoms with Gasteiger partial charge in [0.15, 0.2) is 0 Å². The third kappa shape index (κ3) is 4.53. The second-order valence-corrected chi connectivity index (χ2v) is 14.5. The van der Waals surface area contributed by atoms with Gasteiger partial charge in [-0.25, -0.2) is 0 Å². The van der Waals surface area contributed by atoms with Gasteiger partial charge in [0.1, 0.15) is 23.0 Å². The van der Waals surface area contributed by atoms with E-state index in [0.29, 0.717) is 0 Å². The summed E-state index contributed by atoms with van der Waals surface area (Å²) in [5.41, 5.74) is 10.2. The predicted molar refractivity (Wildman–Crippen MR) is 228 cm³/mol. The summed E-state index contributed by atoms with van der Waals surface area (Å²) in [6, 6.07) is 67.3. The number of fused-ring (bicyclic) bond motifs is 9. The van der Waals surface area contributed by atoms with E-state index < -0.39 is 0 Å². The van der Waals surface area contributed by atoms with E-state index in [4.69, 9.17) is 9.47 Å². The molecule has 55 heavy (non-hydrogen) atoms. The third-order valence-corrected chi connectivity index (χ3v) is 11.4. The van der Waals surface area contributed by atoms with Gasteiger partial charge in [0, 0.05) is 38.7 Å². The van der Waals surface area contributed by atoms with Gasteiger partial charge < -0.3 is 18.9 Å². The van der Waals surface area contributed by atoms with Crippen LogP contribution in [0.4, 0.5) is 17.1 Å². The lowest BCUT2D eigenvalue weighted by molar-refractivity contribution is 0.465. The number of rotatable bonds is 4. The van der Waals surface area contributed by atoms with E-state index in [9.17, 15) is 0 Å². The molecule has 256 valence electrons. The first-order chi connectivity index (χ1) is 27.3. The average Bonchev–Trinajstić information content (AvgIpc) is 3.54. The van der Waals surface area contributed by atoms with Crippen molar-refractivity contribution in [2.45, 2.75) is 0 Å². The Labute approximate surface area is 318 Å². The summed E-state index contributed by atoms with van der Waals surface area (Å²) >= 11 is 0. The van der Waals surface area contributed by atoms with E-state index in [1.54, 1.807) is 0 Å². The lowest BCUT2D eigenvalue weighted by Gasteiger charge is -2.32. The van der Waals surface area contributed by atoms with Crippen LogP contribution < -0.4 is 30.8 Å². The van der Waals surface area contributed by atoms with E-state index in [2.05, 4.69) is 185 Å². The fraction of sp³-hybridized carbons (Fsp3) is 0. The number of ether oxygens (including phenoxy) is 2. The van der Waals surface area contributed by atoms with Crippen LogP contribution in [-0.2, 0) is 0 Å². The molecule has 0 radical (unpaired) electrons. The molecule has 10 aromatic rings. The molecule has 0 unspecified atom stereocenters. The van der Waals surface area contributed by atoms with E-state index in [0.717, 1.165) is 78.6 Å². The first kappa shape index (κ1) is 30.2. The topological polar surface area (TPSA) is 26.6 Å². The van der Waals surface area contributed by atoms with E-state index in [-0.39, 0.29) is 6.71 Å². The van der Waals surface area contributed by atoms with Crippen molar-refractivity contribution in [3.05, 3.63) is 188 Å². The molecule has 0 aliphatic carbocycles. The summed E-state index contributed by atoms with van der Waals surface area (Å²) in [5.74, 6) is 3.48. The Kier molecular flexibility index (Phi) is 6.40. The van der Waals surface area contributed by atoms with Gasteiger partial charge in [-0.2, -0.15) is 0 Å². The Morgan fingerprint density at radius 3 is 1.95 bits per heavy atom.